The molecule has 0 saturated carbocycles. The fourth-order valence-corrected chi connectivity index (χ4v) is 2.05. The molecule has 0 unspecified atom stereocenters. The Bertz CT molecular complexity index is 517. The molecule has 0 aliphatic heterocycles. The minimum absolute atomic E-state index is 0.0647. The lowest BCUT2D eigenvalue weighted by Gasteiger charge is -2.12. The molecule has 0 heterocycles. The first-order valence-corrected chi connectivity index (χ1v) is 5.46. The maximum Gasteiger partial charge on any atom is 0.243 e. The first-order valence-electron chi connectivity index (χ1n) is 4.02. The molecule has 0 atom stereocenters. The van der Waals surface area contributed by atoms with E-state index < -0.39 is 15.8 Å². The van der Waals surface area contributed by atoms with Gasteiger partial charge in [-0.2, -0.15) is 5.26 Å². The zero-order valence-electron chi connectivity index (χ0n) is 8.23. The van der Waals surface area contributed by atoms with Gasteiger partial charge < -0.3 is 0 Å². The molecule has 0 aliphatic carbocycles. The molecular weight excluding hydrogens is 219 g/mol. The van der Waals surface area contributed by atoms with Crippen LogP contribution in [0.4, 0.5) is 4.39 Å². The number of nitriles is 1. The molecule has 0 amide bonds. The van der Waals surface area contributed by atoms with Crippen LogP contribution >= 0.6 is 0 Å². The molecule has 0 spiro atoms. The van der Waals surface area contributed by atoms with Crippen LogP contribution in [0, 0.1) is 17.1 Å². The second-order valence-electron chi connectivity index (χ2n) is 3.04. The van der Waals surface area contributed by atoms with E-state index in [4.69, 9.17) is 5.26 Å². The molecule has 1 aromatic rings. The van der Waals surface area contributed by atoms with E-state index in [0.717, 1.165) is 22.5 Å². The van der Waals surface area contributed by atoms with E-state index in [2.05, 4.69) is 0 Å². The van der Waals surface area contributed by atoms with E-state index in [1.807, 2.05) is 0 Å². The Morgan fingerprint density at radius 2 is 2.00 bits per heavy atom. The van der Waals surface area contributed by atoms with Gasteiger partial charge in [0.15, 0.2) is 0 Å². The number of halogens is 1. The smallest absolute Gasteiger partial charge is 0.207 e. The van der Waals surface area contributed by atoms with Crippen LogP contribution in [-0.2, 0) is 10.0 Å². The topological polar surface area (TPSA) is 61.2 Å². The Kier molecular flexibility index (Phi) is 3.07. The second kappa shape index (κ2) is 3.96. The van der Waals surface area contributed by atoms with Gasteiger partial charge in [0.2, 0.25) is 10.0 Å². The van der Waals surface area contributed by atoms with Crippen LogP contribution in [0.1, 0.15) is 5.56 Å². The van der Waals surface area contributed by atoms with Crippen molar-refractivity contribution in [2.75, 3.05) is 14.1 Å². The molecule has 6 heteroatoms. The van der Waals surface area contributed by atoms with Gasteiger partial charge in [-0.1, -0.05) is 0 Å². The van der Waals surface area contributed by atoms with E-state index in [1.54, 1.807) is 6.07 Å². The highest BCUT2D eigenvalue weighted by Gasteiger charge is 2.21. The Balaban J connectivity index is 3.51. The zero-order valence-corrected chi connectivity index (χ0v) is 9.05. The lowest BCUT2D eigenvalue weighted by atomic mass is 10.2. The Morgan fingerprint density at radius 3 is 2.47 bits per heavy atom. The van der Waals surface area contributed by atoms with Crippen molar-refractivity contribution in [3.8, 4) is 6.07 Å². The normalized spacial score (nSPS) is 11.4. The van der Waals surface area contributed by atoms with Gasteiger partial charge in [-0.25, -0.2) is 17.1 Å². The van der Waals surface area contributed by atoms with Crippen molar-refractivity contribution in [2.24, 2.45) is 0 Å². The molecule has 15 heavy (non-hydrogen) atoms. The maximum atomic E-state index is 12.9. The van der Waals surface area contributed by atoms with Crippen LogP contribution in [0.25, 0.3) is 0 Å². The molecule has 4 nitrogen and oxygen atoms in total. The number of rotatable bonds is 2. The summed E-state index contributed by atoms with van der Waals surface area (Å²) in [5, 5.41) is 8.70. The molecule has 0 saturated heterocycles. The summed E-state index contributed by atoms with van der Waals surface area (Å²) < 4.78 is 37.2. The summed E-state index contributed by atoms with van der Waals surface area (Å²) in [5.74, 6) is -0.686. The average Bonchev–Trinajstić information content (AvgIpc) is 2.17. The number of hydrogen-bond donors (Lipinski definition) is 0. The summed E-state index contributed by atoms with van der Waals surface area (Å²) in [4.78, 5) is -0.310. The maximum absolute atomic E-state index is 12.9. The third-order valence-corrected chi connectivity index (χ3v) is 3.68. The molecule has 0 fully saturated rings. The summed E-state index contributed by atoms with van der Waals surface area (Å²) in [6.07, 6.45) is 0. The Morgan fingerprint density at radius 1 is 1.40 bits per heavy atom. The van der Waals surface area contributed by atoms with Crippen molar-refractivity contribution in [3.05, 3.63) is 29.6 Å². The van der Waals surface area contributed by atoms with Gasteiger partial charge in [0, 0.05) is 14.1 Å². The van der Waals surface area contributed by atoms with Gasteiger partial charge in [0.1, 0.15) is 16.8 Å². The molecule has 80 valence electrons. The van der Waals surface area contributed by atoms with Crippen molar-refractivity contribution in [2.45, 2.75) is 4.90 Å². The monoisotopic (exact) mass is 228 g/mol. The Labute approximate surface area is 87.6 Å². The molecule has 1 rings (SSSR count). The van der Waals surface area contributed by atoms with E-state index in [1.165, 1.54) is 14.1 Å². The molecule has 0 radical (unpaired) electrons. The fraction of sp³-hybridized carbons (Fsp3) is 0.222. The summed E-state index contributed by atoms with van der Waals surface area (Å²) >= 11 is 0. The van der Waals surface area contributed by atoms with Crippen LogP contribution < -0.4 is 0 Å². The summed E-state index contributed by atoms with van der Waals surface area (Å²) in [7, 11) is -1.13. The van der Waals surface area contributed by atoms with Gasteiger partial charge in [-0.3, -0.25) is 0 Å². The van der Waals surface area contributed by atoms with Crippen LogP contribution in [-0.4, -0.2) is 26.8 Å². The SMILES string of the molecule is CN(C)S(=O)(=O)c1cc(F)ccc1C#N. The predicted octanol–water partition coefficient (Wildman–Crippen LogP) is 0.948. The van der Waals surface area contributed by atoms with Crippen LogP contribution in [0.15, 0.2) is 23.1 Å². The zero-order chi connectivity index (χ0) is 11.6. The Hall–Kier alpha value is -1.45. The van der Waals surface area contributed by atoms with Crippen molar-refractivity contribution in [3.63, 3.8) is 0 Å². The molecule has 0 aromatic heterocycles. The minimum Gasteiger partial charge on any atom is -0.207 e. The average molecular weight is 228 g/mol. The first kappa shape index (κ1) is 11.6. The van der Waals surface area contributed by atoms with Gasteiger partial charge in [-0.15, -0.1) is 0 Å². The van der Waals surface area contributed by atoms with E-state index in [9.17, 15) is 12.8 Å². The van der Waals surface area contributed by atoms with Crippen molar-refractivity contribution in [1.82, 2.24) is 4.31 Å². The van der Waals surface area contributed by atoms with Gasteiger partial charge in [0.25, 0.3) is 0 Å². The summed E-state index contributed by atoms with van der Waals surface area (Å²) in [6.45, 7) is 0. The van der Waals surface area contributed by atoms with E-state index >= 15 is 0 Å². The van der Waals surface area contributed by atoms with Gasteiger partial charge in [0.05, 0.1) is 5.56 Å². The number of sulfonamides is 1. The fourth-order valence-electron chi connectivity index (χ4n) is 0.999. The summed E-state index contributed by atoms with van der Waals surface area (Å²) in [6, 6.07) is 4.75. The van der Waals surface area contributed by atoms with Gasteiger partial charge in [-0.05, 0) is 18.2 Å². The van der Waals surface area contributed by atoms with Crippen molar-refractivity contribution >= 4 is 10.0 Å². The first-order chi connectivity index (χ1) is 6.89. The highest BCUT2D eigenvalue weighted by Crippen LogP contribution is 2.18. The highest BCUT2D eigenvalue weighted by molar-refractivity contribution is 7.89. The van der Waals surface area contributed by atoms with Crippen LogP contribution in [0.5, 0.6) is 0 Å². The third-order valence-electron chi connectivity index (χ3n) is 1.82. The van der Waals surface area contributed by atoms with Crippen molar-refractivity contribution < 1.29 is 12.8 Å². The molecular formula is C9H9FN2O2S. The molecule has 0 aliphatic rings. The quantitative estimate of drug-likeness (QED) is 0.757. The highest BCUT2D eigenvalue weighted by atomic mass is 32.2. The summed E-state index contributed by atoms with van der Waals surface area (Å²) in [5.41, 5.74) is -0.0647. The lowest BCUT2D eigenvalue weighted by molar-refractivity contribution is 0.519. The number of benzene rings is 1. The second-order valence-corrected chi connectivity index (χ2v) is 5.16. The minimum atomic E-state index is -3.77. The standard InChI is InChI=1S/C9H9FN2O2S/c1-12(2)15(13,14)9-5-8(10)4-3-7(9)6-11/h3-5H,1-2H3. The van der Waals surface area contributed by atoms with Gasteiger partial charge >= 0.3 is 0 Å². The lowest BCUT2D eigenvalue weighted by Crippen LogP contribution is -2.23. The van der Waals surface area contributed by atoms with Crippen molar-refractivity contribution in [1.29, 1.82) is 5.26 Å². The van der Waals surface area contributed by atoms with Crippen LogP contribution in [0.3, 0.4) is 0 Å². The third kappa shape index (κ3) is 2.14. The van der Waals surface area contributed by atoms with E-state index in [0.29, 0.717) is 0 Å². The molecule has 0 bridgehead atoms. The van der Waals surface area contributed by atoms with Crippen LogP contribution in [0.2, 0.25) is 0 Å². The van der Waals surface area contributed by atoms with E-state index in [-0.39, 0.29) is 10.5 Å². The largest absolute Gasteiger partial charge is 0.243 e. The predicted molar refractivity (Wildman–Crippen MR) is 52.0 cm³/mol. The molecule has 1 aromatic carbocycles. The number of nitrogens with zero attached hydrogens (tertiary/aromatic N) is 2. The number of hydrogen-bond acceptors (Lipinski definition) is 3. The molecule has 0 N–H and O–H groups in total.